The maximum absolute atomic E-state index is 12.2. The molecule has 1 aromatic carbocycles. The number of carbonyl (C=O) groups is 2. The molecule has 1 atom stereocenters. The van der Waals surface area contributed by atoms with Gasteiger partial charge in [-0.1, -0.05) is 18.2 Å². The maximum atomic E-state index is 12.2. The number of nitrogens with zero attached hydrogens (tertiary/aromatic N) is 2. The van der Waals surface area contributed by atoms with E-state index in [1.807, 2.05) is 18.2 Å². The van der Waals surface area contributed by atoms with E-state index in [4.69, 9.17) is 0 Å². The number of para-hydroxylation sites is 1. The average molecular weight is 231 g/mol. The highest BCUT2D eigenvalue weighted by molar-refractivity contribution is 6.21. The van der Waals surface area contributed by atoms with E-state index in [0.717, 1.165) is 6.54 Å². The van der Waals surface area contributed by atoms with Crippen molar-refractivity contribution in [2.45, 2.75) is 6.04 Å². The van der Waals surface area contributed by atoms with Gasteiger partial charge in [0.15, 0.2) is 0 Å². The van der Waals surface area contributed by atoms with E-state index in [-0.39, 0.29) is 18.0 Å². The SMILES string of the molecule is O=C1C2CNCCN2C(=O)N1c1ccccc1. The summed E-state index contributed by atoms with van der Waals surface area (Å²) < 4.78 is 0. The largest absolute Gasteiger partial charge is 0.332 e. The number of piperazine rings is 1. The highest BCUT2D eigenvalue weighted by Gasteiger charge is 2.46. The molecule has 0 saturated carbocycles. The van der Waals surface area contributed by atoms with E-state index < -0.39 is 0 Å². The van der Waals surface area contributed by atoms with Crippen molar-refractivity contribution in [3.8, 4) is 0 Å². The fraction of sp³-hybridized carbons (Fsp3) is 0.333. The molecule has 2 aliphatic heterocycles. The topological polar surface area (TPSA) is 52.7 Å². The van der Waals surface area contributed by atoms with Gasteiger partial charge in [-0.2, -0.15) is 0 Å². The molecule has 1 N–H and O–H groups in total. The lowest BCUT2D eigenvalue weighted by Crippen LogP contribution is -2.51. The maximum Gasteiger partial charge on any atom is 0.332 e. The Labute approximate surface area is 99.0 Å². The Balaban J connectivity index is 1.96. The van der Waals surface area contributed by atoms with Gasteiger partial charge in [-0.05, 0) is 12.1 Å². The number of hydrogen-bond donors (Lipinski definition) is 1. The van der Waals surface area contributed by atoms with Crippen LogP contribution in [-0.2, 0) is 4.79 Å². The predicted molar refractivity (Wildman–Crippen MR) is 62.7 cm³/mol. The molecular formula is C12H13N3O2. The molecule has 0 aromatic heterocycles. The second-order valence-corrected chi connectivity index (χ2v) is 4.21. The minimum absolute atomic E-state index is 0.131. The lowest BCUT2D eigenvalue weighted by atomic mass is 10.2. The number of rotatable bonds is 1. The zero-order valence-corrected chi connectivity index (χ0v) is 9.30. The van der Waals surface area contributed by atoms with Crippen LogP contribution in [0.3, 0.4) is 0 Å². The molecule has 88 valence electrons. The fourth-order valence-electron chi connectivity index (χ4n) is 2.34. The van der Waals surface area contributed by atoms with Gasteiger partial charge in [0, 0.05) is 19.6 Å². The average Bonchev–Trinajstić information content (AvgIpc) is 2.64. The third kappa shape index (κ3) is 1.51. The van der Waals surface area contributed by atoms with Gasteiger partial charge >= 0.3 is 6.03 Å². The molecular weight excluding hydrogens is 218 g/mol. The fourth-order valence-corrected chi connectivity index (χ4v) is 2.34. The van der Waals surface area contributed by atoms with Crippen molar-refractivity contribution in [3.63, 3.8) is 0 Å². The molecule has 5 nitrogen and oxygen atoms in total. The van der Waals surface area contributed by atoms with Crippen LogP contribution in [0.25, 0.3) is 0 Å². The van der Waals surface area contributed by atoms with Crippen LogP contribution < -0.4 is 10.2 Å². The van der Waals surface area contributed by atoms with Crippen LogP contribution in [0.15, 0.2) is 30.3 Å². The molecule has 2 saturated heterocycles. The molecule has 5 heteroatoms. The molecule has 0 spiro atoms. The Morgan fingerprint density at radius 2 is 1.94 bits per heavy atom. The number of fused-ring (bicyclic) bond motifs is 1. The summed E-state index contributed by atoms with van der Waals surface area (Å²) in [5.41, 5.74) is 0.650. The van der Waals surface area contributed by atoms with E-state index in [2.05, 4.69) is 5.32 Å². The third-order valence-corrected chi connectivity index (χ3v) is 3.20. The molecule has 1 unspecified atom stereocenters. The first kappa shape index (κ1) is 10.3. The molecule has 1 aromatic rings. The highest BCUT2D eigenvalue weighted by Crippen LogP contribution is 2.25. The molecule has 0 radical (unpaired) electrons. The van der Waals surface area contributed by atoms with Gasteiger partial charge in [-0.3, -0.25) is 4.79 Å². The number of nitrogens with one attached hydrogen (secondary N) is 1. The van der Waals surface area contributed by atoms with Crippen molar-refractivity contribution < 1.29 is 9.59 Å². The normalized spacial score (nSPS) is 24.1. The van der Waals surface area contributed by atoms with Gasteiger partial charge in [0.2, 0.25) is 0 Å². The van der Waals surface area contributed by atoms with Crippen molar-refractivity contribution in [3.05, 3.63) is 30.3 Å². The number of benzene rings is 1. The molecule has 3 amide bonds. The quantitative estimate of drug-likeness (QED) is 0.713. The Morgan fingerprint density at radius 3 is 2.65 bits per heavy atom. The third-order valence-electron chi connectivity index (χ3n) is 3.20. The summed E-state index contributed by atoms with van der Waals surface area (Å²) >= 11 is 0. The summed E-state index contributed by atoms with van der Waals surface area (Å²) in [6.45, 7) is 1.89. The number of amides is 3. The molecule has 3 rings (SSSR count). The van der Waals surface area contributed by atoms with E-state index in [1.54, 1.807) is 17.0 Å². The summed E-state index contributed by atoms with van der Waals surface area (Å²) in [4.78, 5) is 27.2. The number of carbonyl (C=O) groups excluding carboxylic acids is 2. The summed E-state index contributed by atoms with van der Waals surface area (Å²) in [5, 5.41) is 3.14. The summed E-state index contributed by atoms with van der Waals surface area (Å²) in [6.07, 6.45) is 0. The van der Waals surface area contributed by atoms with Gasteiger partial charge in [-0.25, -0.2) is 9.69 Å². The van der Waals surface area contributed by atoms with E-state index in [1.165, 1.54) is 4.90 Å². The molecule has 2 heterocycles. The Bertz CT molecular complexity index is 436. The molecule has 2 aliphatic rings. The van der Waals surface area contributed by atoms with Gasteiger partial charge in [0.05, 0.1) is 5.69 Å². The van der Waals surface area contributed by atoms with Gasteiger partial charge < -0.3 is 10.2 Å². The van der Waals surface area contributed by atoms with Crippen LogP contribution in [0, 0.1) is 0 Å². The van der Waals surface area contributed by atoms with E-state index in [9.17, 15) is 9.59 Å². The summed E-state index contributed by atoms with van der Waals surface area (Å²) in [6, 6.07) is 8.54. The van der Waals surface area contributed by atoms with Crippen molar-refractivity contribution >= 4 is 17.6 Å². The first-order valence-electron chi connectivity index (χ1n) is 5.69. The van der Waals surface area contributed by atoms with Crippen molar-refractivity contribution in [1.29, 1.82) is 0 Å². The van der Waals surface area contributed by atoms with Crippen molar-refractivity contribution in [2.75, 3.05) is 24.5 Å². The monoisotopic (exact) mass is 231 g/mol. The number of hydrogen-bond acceptors (Lipinski definition) is 3. The van der Waals surface area contributed by atoms with Crippen molar-refractivity contribution in [1.82, 2.24) is 10.2 Å². The van der Waals surface area contributed by atoms with Gasteiger partial charge in [0.25, 0.3) is 5.91 Å². The molecule has 0 aliphatic carbocycles. The van der Waals surface area contributed by atoms with Crippen LogP contribution in [0.5, 0.6) is 0 Å². The van der Waals surface area contributed by atoms with Gasteiger partial charge in [0.1, 0.15) is 6.04 Å². The second-order valence-electron chi connectivity index (χ2n) is 4.21. The van der Waals surface area contributed by atoms with Crippen LogP contribution in [0.4, 0.5) is 10.5 Å². The zero-order valence-electron chi connectivity index (χ0n) is 9.30. The first-order valence-corrected chi connectivity index (χ1v) is 5.69. The minimum atomic E-state index is -0.337. The Kier molecular flexibility index (Phi) is 2.33. The van der Waals surface area contributed by atoms with Crippen LogP contribution in [0.2, 0.25) is 0 Å². The second kappa shape index (κ2) is 3.85. The minimum Gasteiger partial charge on any atom is -0.312 e. The van der Waals surface area contributed by atoms with Crippen LogP contribution in [-0.4, -0.2) is 42.5 Å². The molecule has 2 fully saturated rings. The van der Waals surface area contributed by atoms with Crippen LogP contribution >= 0.6 is 0 Å². The zero-order chi connectivity index (χ0) is 11.8. The number of urea groups is 1. The standard InChI is InChI=1S/C12H13N3O2/c16-11-10-8-13-6-7-14(10)12(17)15(11)9-4-2-1-3-5-9/h1-5,10,13H,6-8H2. The summed E-state index contributed by atoms with van der Waals surface area (Å²) in [5.74, 6) is -0.131. The lowest BCUT2D eigenvalue weighted by molar-refractivity contribution is -0.119. The Hall–Kier alpha value is -1.88. The smallest absolute Gasteiger partial charge is 0.312 e. The molecule has 0 bridgehead atoms. The van der Waals surface area contributed by atoms with Crippen LogP contribution in [0.1, 0.15) is 0 Å². The lowest BCUT2D eigenvalue weighted by Gasteiger charge is -2.26. The highest BCUT2D eigenvalue weighted by atomic mass is 16.2. The first-order chi connectivity index (χ1) is 8.29. The Morgan fingerprint density at radius 1 is 1.18 bits per heavy atom. The summed E-state index contributed by atoms with van der Waals surface area (Å²) in [7, 11) is 0. The number of anilines is 1. The van der Waals surface area contributed by atoms with E-state index in [0.29, 0.717) is 18.8 Å². The van der Waals surface area contributed by atoms with Crippen molar-refractivity contribution in [2.24, 2.45) is 0 Å². The number of imide groups is 1. The predicted octanol–water partition coefficient (Wildman–Crippen LogP) is 0.427. The van der Waals surface area contributed by atoms with Gasteiger partial charge in [-0.15, -0.1) is 0 Å². The molecule has 17 heavy (non-hydrogen) atoms. The van der Waals surface area contributed by atoms with E-state index >= 15 is 0 Å².